The molecule has 2 aliphatic rings. The van der Waals surface area contributed by atoms with Crippen molar-refractivity contribution in [2.75, 3.05) is 69.8 Å². The average Bonchev–Trinajstić information content (AvgIpc) is 3.16. The summed E-state index contributed by atoms with van der Waals surface area (Å²) in [4.78, 5) is 41.8. The number of halogens is 1. The van der Waals surface area contributed by atoms with Crippen molar-refractivity contribution in [1.29, 1.82) is 0 Å². The van der Waals surface area contributed by atoms with Crippen LogP contribution in [0, 0.1) is 5.82 Å². The zero-order valence-corrected chi connectivity index (χ0v) is 19.7. The number of cyclic esters (lactones) is 1. The van der Waals surface area contributed by atoms with E-state index in [1.807, 2.05) is 19.0 Å². The molecule has 10 nitrogen and oxygen atoms in total. The van der Waals surface area contributed by atoms with E-state index in [4.69, 9.17) is 21.7 Å². The first-order valence-corrected chi connectivity index (χ1v) is 11.0. The minimum absolute atomic E-state index is 0.274. The Kier molecular flexibility index (Phi) is 7.90. The lowest BCUT2D eigenvalue weighted by Gasteiger charge is -2.36. The molecule has 2 saturated heterocycles. The fraction of sp³-hybridized carbons (Fsp3) is 0.524. The summed E-state index contributed by atoms with van der Waals surface area (Å²) in [5, 5.41) is 3.56. The maximum absolute atomic E-state index is 14.9. The standard InChI is InChI=1S/C21H28FN5O5S/c1-14(28)31-13-19(29)26-8-6-25(7-9-26)18-5-4-15(10-17(18)22)27-12-16(32-21(27)30)11-23-20(33)24(2)3/h4-5,10,16H,6-9,11-13H2,1-3H3,(H,23,33). The topological polar surface area (TPSA) is 94.7 Å². The third-order valence-electron chi connectivity index (χ3n) is 5.38. The van der Waals surface area contributed by atoms with Gasteiger partial charge in [-0.2, -0.15) is 0 Å². The van der Waals surface area contributed by atoms with E-state index in [1.165, 1.54) is 17.9 Å². The predicted molar refractivity (Wildman–Crippen MR) is 124 cm³/mol. The summed E-state index contributed by atoms with van der Waals surface area (Å²) in [5.74, 6) is -1.25. The molecule has 0 radical (unpaired) electrons. The molecule has 2 fully saturated rings. The number of benzene rings is 1. The van der Waals surface area contributed by atoms with Gasteiger partial charge in [0, 0.05) is 47.2 Å². The van der Waals surface area contributed by atoms with Crippen molar-refractivity contribution in [2.24, 2.45) is 0 Å². The lowest BCUT2D eigenvalue weighted by Crippen LogP contribution is -2.50. The third-order valence-corrected chi connectivity index (χ3v) is 5.89. The Morgan fingerprint density at radius 1 is 1.27 bits per heavy atom. The van der Waals surface area contributed by atoms with Crippen molar-refractivity contribution in [3.05, 3.63) is 24.0 Å². The molecule has 0 spiro atoms. The van der Waals surface area contributed by atoms with Gasteiger partial charge in [0.05, 0.1) is 24.5 Å². The highest BCUT2D eigenvalue weighted by Gasteiger charge is 2.33. The lowest BCUT2D eigenvalue weighted by molar-refractivity contribution is -0.150. The number of piperazine rings is 1. The number of nitrogens with one attached hydrogen (secondary N) is 1. The van der Waals surface area contributed by atoms with Crippen LogP contribution in [0.15, 0.2) is 18.2 Å². The van der Waals surface area contributed by atoms with Crippen molar-refractivity contribution >= 4 is 46.7 Å². The smallest absolute Gasteiger partial charge is 0.414 e. The van der Waals surface area contributed by atoms with Crippen LogP contribution in [0.3, 0.4) is 0 Å². The molecule has 2 heterocycles. The second-order valence-electron chi connectivity index (χ2n) is 7.98. The van der Waals surface area contributed by atoms with E-state index in [0.29, 0.717) is 49.2 Å². The third kappa shape index (κ3) is 6.21. The van der Waals surface area contributed by atoms with Gasteiger partial charge in [-0.15, -0.1) is 0 Å². The molecule has 2 aliphatic heterocycles. The fourth-order valence-corrected chi connectivity index (χ4v) is 3.65. The molecule has 0 bridgehead atoms. The fourth-order valence-electron chi connectivity index (χ4n) is 3.57. The van der Waals surface area contributed by atoms with Gasteiger partial charge in [0.1, 0.15) is 11.9 Å². The van der Waals surface area contributed by atoms with Gasteiger partial charge in [0.15, 0.2) is 11.7 Å². The van der Waals surface area contributed by atoms with Gasteiger partial charge in [-0.1, -0.05) is 0 Å². The number of thiocarbonyl (C=S) groups is 1. The van der Waals surface area contributed by atoms with Crippen LogP contribution >= 0.6 is 12.2 Å². The van der Waals surface area contributed by atoms with Gasteiger partial charge in [-0.05, 0) is 30.4 Å². The summed E-state index contributed by atoms with van der Waals surface area (Å²) in [6.07, 6.45) is -0.944. The van der Waals surface area contributed by atoms with Crippen LogP contribution in [-0.4, -0.2) is 99.0 Å². The molecule has 12 heteroatoms. The van der Waals surface area contributed by atoms with E-state index in [-0.39, 0.29) is 19.1 Å². The van der Waals surface area contributed by atoms with Gasteiger partial charge in [0.25, 0.3) is 5.91 Å². The molecule has 1 N–H and O–H groups in total. The lowest BCUT2D eigenvalue weighted by atomic mass is 10.2. The zero-order valence-electron chi connectivity index (χ0n) is 18.9. The Balaban J connectivity index is 1.56. The molecule has 1 atom stereocenters. The molecule has 1 aromatic rings. The van der Waals surface area contributed by atoms with Crippen LogP contribution < -0.4 is 15.1 Å². The molecular formula is C21H28FN5O5S. The van der Waals surface area contributed by atoms with Crippen molar-refractivity contribution in [3.8, 4) is 0 Å². The first kappa shape index (κ1) is 24.5. The molecule has 2 amide bonds. The number of carbonyl (C=O) groups is 3. The van der Waals surface area contributed by atoms with Crippen LogP contribution in [0.25, 0.3) is 0 Å². The highest BCUT2D eigenvalue weighted by Crippen LogP contribution is 2.28. The van der Waals surface area contributed by atoms with E-state index >= 15 is 0 Å². The number of esters is 1. The van der Waals surface area contributed by atoms with E-state index in [2.05, 4.69) is 5.32 Å². The summed E-state index contributed by atoms with van der Waals surface area (Å²) in [5.41, 5.74) is 0.807. The first-order valence-electron chi connectivity index (χ1n) is 10.5. The highest BCUT2D eigenvalue weighted by molar-refractivity contribution is 7.80. The van der Waals surface area contributed by atoms with Crippen LogP contribution in [-0.2, 0) is 19.1 Å². The quantitative estimate of drug-likeness (QED) is 0.468. The molecule has 0 saturated carbocycles. The van der Waals surface area contributed by atoms with Crippen molar-refractivity contribution in [1.82, 2.24) is 15.1 Å². The Labute approximate surface area is 197 Å². The second-order valence-corrected chi connectivity index (χ2v) is 8.37. The number of rotatable bonds is 6. The molecule has 1 unspecified atom stereocenters. The maximum Gasteiger partial charge on any atom is 0.414 e. The molecule has 33 heavy (non-hydrogen) atoms. The van der Waals surface area contributed by atoms with Gasteiger partial charge in [0.2, 0.25) is 0 Å². The van der Waals surface area contributed by atoms with Gasteiger partial charge in [-0.3, -0.25) is 14.5 Å². The van der Waals surface area contributed by atoms with Crippen molar-refractivity contribution < 1.29 is 28.2 Å². The Hall–Kier alpha value is -3.15. The molecule has 3 rings (SSSR count). The Bertz CT molecular complexity index is 922. The van der Waals surface area contributed by atoms with E-state index in [1.54, 1.807) is 21.9 Å². The summed E-state index contributed by atoms with van der Waals surface area (Å²) in [7, 11) is 3.63. The molecule has 0 aliphatic carbocycles. The number of nitrogens with zero attached hydrogens (tertiary/aromatic N) is 4. The highest BCUT2D eigenvalue weighted by atomic mass is 32.1. The van der Waals surface area contributed by atoms with Gasteiger partial charge in [-0.25, -0.2) is 9.18 Å². The largest absolute Gasteiger partial charge is 0.456 e. The van der Waals surface area contributed by atoms with E-state index < -0.39 is 24.0 Å². The SMILES string of the molecule is CC(=O)OCC(=O)N1CCN(c2ccc(N3CC(CNC(=S)N(C)C)OC3=O)cc2F)CC1. The van der Waals surface area contributed by atoms with E-state index in [9.17, 15) is 18.8 Å². The molecule has 180 valence electrons. The number of amides is 2. The summed E-state index contributed by atoms with van der Waals surface area (Å²) < 4.78 is 25.0. The number of carbonyl (C=O) groups excluding carboxylic acids is 3. The summed E-state index contributed by atoms with van der Waals surface area (Å²) >= 11 is 5.17. The second kappa shape index (κ2) is 10.6. The van der Waals surface area contributed by atoms with Gasteiger partial charge >= 0.3 is 12.1 Å². The Morgan fingerprint density at radius 3 is 2.58 bits per heavy atom. The van der Waals surface area contributed by atoms with Crippen molar-refractivity contribution in [3.63, 3.8) is 0 Å². The molecular weight excluding hydrogens is 453 g/mol. The average molecular weight is 482 g/mol. The predicted octanol–water partition coefficient (Wildman–Crippen LogP) is 0.799. The number of ether oxygens (including phenoxy) is 2. The molecule has 0 aromatic heterocycles. The van der Waals surface area contributed by atoms with Crippen LogP contribution in [0.1, 0.15) is 6.92 Å². The summed E-state index contributed by atoms with van der Waals surface area (Å²) in [6.45, 7) is 3.26. The maximum atomic E-state index is 14.9. The normalized spacial score (nSPS) is 18.1. The zero-order chi connectivity index (χ0) is 24.1. The van der Waals surface area contributed by atoms with Gasteiger partial charge < -0.3 is 29.5 Å². The minimum atomic E-state index is -0.537. The van der Waals surface area contributed by atoms with Crippen LogP contribution in [0.5, 0.6) is 0 Å². The summed E-state index contributed by atoms with van der Waals surface area (Å²) in [6, 6.07) is 4.62. The van der Waals surface area contributed by atoms with E-state index in [0.717, 1.165) is 0 Å². The van der Waals surface area contributed by atoms with Crippen LogP contribution in [0.4, 0.5) is 20.6 Å². The minimum Gasteiger partial charge on any atom is -0.456 e. The number of hydrogen-bond acceptors (Lipinski definition) is 7. The number of anilines is 2. The Morgan fingerprint density at radius 2 is 1.97 bits per heavy atom. The van der Waals surface area contributed by atoms with Crippen molar-refractivity contribution in [2.45, 2.75) is 13.0 Å². The number of hydrogen-bond donors (Lipinski definition) is 1. The first-order chi connectivity index (χ1) is 15.7. The molecule has 1 aromatic carbocycles. The monoisotopic (exact) mass is 481 g/mol. The van der Waals surface area contributed by atoms with Crippen LogP contribution in [0.2, 0.25) is 0 Å².